The molecule has 0 aliphatic carbocycles. The number of hydrogen-bond acceptors (Lipinski definition) is 5. The first kappa shape index (κ1) is 18.3. The molecule has 3 rings (SSSR count). The predicted molar refractivity (Wildman–Crippen MR) is 108 cm³/mol. The summed E-state index contributed by atoms with van der Waals surface area (Å²) >= 11 is 1.41. The quantitative estimate of drug-likeness (QED) is 0.709. The number of nitrogens with zero attached hydrogens (tertiary/aromatic N) is 2. The van der Waals surface area contributed by atoms with Crippen LogP contribution in [0.4, 0.5) is 5.82 Å². The molecule has 136 valence electrons. The fourth-order valence-corrected chi connectivity index (χ4v) is 3.83. The molecule has 2 N–H and O–H groups in total. The number of rotatable bonds is 5. The summed E-state index contributed by atoms with van der Waals surface area (Å²) in [5.74, 6) is 0.725. The third-order valence-electron chi connectivity index (χ3n) is 3.97. The molecule has 0 atom stereocenters. The maximum Gasteiger partial charge on any atom is 0.262 e. The molecular formula is C20H24N4OS. The summed E-state index contributed by atoms with van der Waals surface area (Å²) in [5.41, 5.74) is 1.93. The van der Waals surface area contributed by atoms with Crippen LogP contribution in [0, 0.1) is 6.92 Å². The summed E-state index contributed by atoms with van der Waals surface area (Å²) in [6, 6.07) is 10.3. The smallest absolute Gasteiger partial charge is 0.262 e. The molecule has 0 saturated heterocycles. The van der Waals surface area contributed by atoms with Crippen molar-refractivity contribution < 1.29 is 4.79 Å². The van der Waals surface area contributed by atoms with Gasteiger partial charge in [-0.3, -0.25) is 4.79 Å². The van der Waals surface area contributed by atoms with E-state index in [0.717, 1.165) is 34.6 Å². The van der Waals surface area contributed by atoms with Gasteiger partial charge in [0.15, 0.2) is 0 Å². The number of aryl methyl sites for hydroxylation is 1. The van der Waals surface area contributed by atoms with Crippen LogP contribution in [0.15, 0.2) is 36.7 Å². The van der Waals surface area contributed by atoms with Crippen molar-refractivity contribution in [1.29, 1.82) is 0 Å². The van der Waals surface area contributed by atoms with E-state index in [0.29, 0.717) is 4.88 Å². The summed E-state index contributed by atoms with van der Waals surface area (Å²) < 4.78 is 0. The molecule has 3 aromatic rings. The number of aromatic nitrogens is 2. The van der Waals surface area contributed by atoms with E-state index in [2.05, 4.69) is 32.7 Å². The second kappa shape index (κ2) is 7.41. The molecule has 2 aromatic heterocycles. The van der Waals surface area contributed by atoms with Gasteiger partial charge in [-0.1, -0.05) is 30.3 Å². The lowest BCUT2D eigenvalue weighted by Gasteiger charge is -2.20. The van der Waals surface area contributed by atoms with Crippen molar-refractivity contribution >= 4 is 33.3 Å². The Balaban J connectivity index is 1.82. The third-order valence-corrected chi connectivity index (χ3v) is 5.17. The summed E-state index contributed by atoms with van der Waals surface area (Å²) in [4.78, 5) is 22.9. The van der Waals surface area contributed by atoms with E-state index >= 15 is 0 Å². The lowest BCUT2D eigenvalue weighted by atomic mass is 10.1. The van der Waals surface area contributed by atoms with Crippen molar-refractivity contribution in [2.24, 2.45) is 0 Å². The average Bonchev–Trinajstić information content (AvgIpc) is 2.92. The van der Waals surface area contributed by atoms with E-state index in [1.165, 1.54) is 16.9 Å². The average molecular weight is 369 g/mol. The van der Waals surface area contributed by atoms with Gasteiger partial charge in [0.1, 0.15) is 17.0 Å². The summed E-state index contributed by atoms with van der Waals surface area (Å²) in [7, 11) is 0. The molecule has 0 unspecified atom stereocenters. The molecular weight excluding hydrogens is 344 g/mol. The lowest BCUT2D eigenvalue weighted by Crippen LogP contribution is -2.40. The number of hydrogen-bond donors (Lipinski definition) is 2. The normalized spacial score (nSPS) is 11.5. The number of anilines is 1. The Morgan fingerprint density at radius 2 is 1.88 bits per heavy atom. The van der Waals surface area contributed by atoms with Crippen LogP contribution in [0.25, 0.3) is 10.2 Å². The monoisotopic (exact) mass is 368 g/mol. The number of thiophene rings is 1. The van der Waals surface area contributed by atoms with Crippen LogP contribution in [0.3, 0.4) is 0 Å². The number of carbonyl (C=O) groups is 1. The first-order valence-corrected chi connectivity index (χ1v) is 9.51. The van der Waals surface area contributed by atoms with Crippen molar-refractivity contribution in [3.05, 3.63) is 52.7 Å². The number of benzene rings is 1. The van der Waals surface area contributed by atoms with Gasteiger partial charge in [-0.2, -0.15) is 0 Å². The molecule has 1 aromatic carbocycles. The predicted octanol–water partition coefficient (Wildman–Crippen LogP) is 4.18. The van der Waals surface area contributed by atoms with Gasteiger partial charge < -0.3 is 10.6 Å². The SMILES string of the molecule is Cc1c(C(=O)NC(C)(C)C)sc2ncnc(NCCc3ccccc3)c12. The first-order valence-electron chi connectivity index (χ1n) is 8.69. The Morgan fingerprint density at radius 1 is 1.15 bits per heavy atom. The zero-order chi connectivity index (χ0) is 18.7. The molecule has 0 radical (unpaired) electrons. The molecule has 0 fully saturated rings. The van der Waals surface area contributed by atoms with E-state index in [1.54, 1.807) is 6.33 Å². The molecule has 0 bridgehead atoms. The van der Waals surface area contributed by atoms with E-state index in [4.69, 9.17) is 0 Å². The minimum Gasteiger partial charge on any atom is -0.369 e. The number of nitrogens with one attached hydrogen (secondary N) is 2. The highest BCUT2D eigenvalue weighted by atomic mass is 32.1. The summed E-state index contributed by atoms with van der Waals surface area (Å²) in [6.45, 7) is 8.66. The molecule has 1 amide bonds. The Morgan fingerprint density at radius 3 is 2.58 bits per heavy atom. The number of carbonyl (C=O) groups excluding carboxylic acids is 1. The van der Waals surface area contributed by atoms with Crippen LogP contribution < -0.4 is 10.6 Å². The Kier molecular flexibility index (Phi) is 5.23. The molecule has 0 aliphatic heterocycles. The summed E-state index contributed by atoms with van der Waals surface area (Å²) in [6.07, 6.45) is 2.46. The highest BCUT2D eigenvalue weighted by Crippen LogP contribution is 2.33. The van der Waals surface area contributed by atoms with Crippen LogP contribution in [0.1, 0.15) is 41.6 Å². The van der Waals surface area contributed by atoms with Crippen molar-refractivity contribution in [1.82, 2.24) is 15.3 Å². The lowest BCUT2D eigenvalue weighted by molar-refractivity contribution is 0.0923. The molecule has 0 saturated carbocycles. The van der Waals surface area contributed by atoms with Gasteiger partial charge in [0, 0.05) is 12.1 Å². The maximum absolute atomic E-state index is 12.6. The molecule has 6 heteroatoms. The standard InChI is InChI=1S/C20H24N4OS/c1-13-15-17(21-11-10-14-8-6-5-7-9-14)22-12-23-19(15)26-16(13)18(25)24-20(2,3)4/h5-9,12H,10-11H2,1-4H3,(H,24,25)(H,21,22,23). The van der Waals surface area contributed by atoms with Gasteiger partial charge in [0.25, 0.3) is 5.91 Å². The van der Waals surface area contributed by atoms with Crippen molar-refractivity contribution in [3.63, 3.8) is 0 Å². The van der Waals surface area contributed by atoms with Crippen molar-refractivity contribution in [2.75, 3.05) is 11.9 Å². The van der Waals surface area contributed by atoms with Crippen LogP contribution in [-0.2, 0) is 6.42 Å². The molecule has 26 heavy (non-hydrogen) atoms. The van der Waals surface area contributed by atoms with Crippen molar-refractivity contribution in [3.8, 4) is 0 Å². The Labute approximate surface area is 157 Å². The third kappa shape index (κ3) is 4.19. The molecule has 5 nitrogen and oxygen atoms in total. The van der Waals surface area contributed by atoms with E-state index in [9.17, 15) is 4.79 Å². The topological polar surface area (TPSA) is 66.9 Å². The van der Waals surface area contributed by atoms with Gasteiger partial charge in [0.05, 0.1) is 10.3 Å². The molecule has 0 spiro atoms. The first-order chi connectivity index (χ1) is 12.3. The highest BCUT2D eigenvalue weighted by molar-refractivity contribution is 7.20. The minimum absolute atomic E-state index is 0.0618. The number of amides is 1. The minimum atomic E-state index is -0.276. The van der Waals surface area contributed by atoms with E-state index < -0.39 is 0 Å². The Hall–Kier alpha value is -2.47. The van der Waals surface area contributed by atoms with Crippen LogP contribution in [0.2, 0.25) is 0 Å². The summed E-state index contributed by atoms with van der Waals surface area (Å²) in [5, 5.41) is 7.36. The Bertz CT molecular complexity index is 913. The fourth-order valence-electron chi connectivity index (χ4n) is 2.79. The van der Waals surface area contributed by atoms with Gasteiger partial charge >= 0.3 is 0 Å². The zero-order valence-electron chi connectivity index (χ0n) is 15.6. The van der Waals surface area contributed by atoms with Crippen LogP contribution in [-0.4, -0.2) is 28.0 Å². The highest BCUT2D eigenvalue weighted by Gasteiger charge is 2.22. The fraction of sp³-hybridized carbons (Fsp3) is 0.350. The maximum atomic E-state index is 12.6. The van der Waals surface area contributed by atoms with Gasteiger partial charge in [-0.15, -0.1) is 11.3 Å². The van der Waals surface area contributed by atoms with E-state index in [-0.39, 0.29) is 11.4 Å². The van der Waals surface area contributed by atoms with Gasteiger partial charge in [-0.25, -0.2) is 9.97 Å². The number of fused-ring (bicyclic) bond motifs is 1. The second-order valence-corrected chi connectivity index (χ2v) is 8.32. The van der Waals surface area contributed by atoms with Crippen molar-refractivity contribution in [2.45, 2.75) is 39.7 Å². The second-order valence-electron chi connectivity index (χ2n) is 7.33. The zero-order valence-corrected chi connectivity index (χ0v) is 16.4. The molecule has 0 aliphatic rings. The largest absolute Gasteiger partial charge is 0.369 e. The van der Waals surface area contributed by atoms with Crippen LogP contribution >= 0.6 is 11.3 Å². The van der Waals surface area contributed by atoms with Gasteiger partial charge in [-0.05, 0) is 45.2 Å². The van der Waals surface area contributed by atoms with E-state index in [1.807, 2.05) is 45.9 Å². The van der Waals surface area contributed by atoms with Crippen LogP contribution in [0.5, 0.6) is 0 Å². The van der Waals surface area contributed by atoms with Gasteiger partial charge in [0.2, 0.25) is 0 Å². The molecule has 2 heterocycles.